The molecule has 1 aliphatic rings. The molecule has 1 aliphatic heterocycles. The van der Waals surface area contributed by atoms with E-state index in [1.54, 1.807) is 16.7 Å². The standard InChI is InChI=1S/C16H24N4O2/c1-3-18-15(22)20-11-9-19(10-12-20)14(21)16(2,17)13-7-5-4-6-8-13/h4-8H,3,9-12,17H2,1-2H3,(H,18,22). The first-order valence-corrected chi connectivity index (χ1v) is 7.63. The molecule has 3 N–H and O–H groups in total. The van der Waals surface area contributed by atoms with Crippen molar-refractivity contribution in [1.82, 2.24) is 15.1 Å². The van der Waals surface area contributed by atoms with Crippen molar-refractivity contribution >= 4 is 11.9 Å². The van der Waals surface area contributed by atoms with Crippen LogP contribution in [0.2, 0.25) is 0 Å². The van der Waals surface area contributed by atoms with E-state index in [2.05, 4.69) is 5.32 Å². The van der Waals surface area contributed by atoms with E-state index < -0.39 is 5.54 Å². The number of urea groups is 1. The summed E-state index contributed by atoms with van der Waals surface area (Å²) < 4.78 is 0. The van der Waals surface area contributed by atoms with E-state index >= 15 is 0 Å². The summed E-state index contributed by atoms with van der Waals surface area (Å²) in [5, 5.41) is 2.77. The van der Waals surface area contributed by atoms with E-state index in [1.165, 1.54) is 0 Å². The quantitative estimate of drug-likeness (QED) is 0.864. The second kappa shape index (κ2) is 6.79. The summed E-state index contributed by atoms with van der Waals surface area (Å²) in [4.78, 5) is 27.9. The van der Waals surface area contributed by atoms with Crippen molar-refractivity contribution in [2.75, 3.05) is 32.7 Å². The van der Waals surface area contributed by atoms with Crippen molar-refractivity contribution in [2.24, 2.45) is 5.73 Å². The van der Waals surface area contributed by atoms with Crippen LogP contribution in [0.4, 0.5) is 4.79 Å². The summed E-state index contributed by atoms with van der Waals surface area (Å²) in [6, 6.07) is 9.30. The van der Waals surface area contributed by atoms with Gasteiger partial charge in [-0.1, -0.05) is 30.3 Å². The molecule has 6 nitrogen and oxygen atoms in total. The van der Waals surface area contributed by atoms with Gasteiger partial charge in [0.05, 0.1) is 0 Å². The highest BCUT2D eigenvalue weighted by Gasteiger charge is 2.36. The minimum Gasteiger partial charge on any atom is -0.338 e. The average Bonchev–Trinajstić information content (AvgIpc) is 2.55. The van der Waals surface area contributed by atoms with Crippen LogP contribution >= 0.6 is 0 Å². The highest BCUT2D eigenvalue weighted by atomic mass is 16.2. The fraction of sp³-hybridized carbons (Fsp3) is 0.500. The fourth-order valence-corrected chi connectivity index (χ4v) is 2.61. The Bertz CT molecular complexity index is 522. The first-order valence-electron chi connectivity index (χ1n) is 7.63. The van der Waals surface area contributed by atoms with Gasteiger partial charge in [-0.2, -0.15) is 0 Å². The number of carbonyl (C=O) groups excluding carboxylic acids is 2. The molecule has 22 heavy (non-hydrogen) atoms. The molecule has 1 aromatic carbocycles. The number of nitrogens with zero attached hydrogens (tertiary/aromatic N) is 2. The van der Waals surface area contributed by atoms with Crippen molar-refractivity contribution in [3.8, 4) is 0 Å². The summed E-state index contributed by atoms with van der Waals surface area (Å²) in [7, 11) is 0. The van der Waals surface area contributed by atoms with E-state index in [0.29, 0.717) is 32.7 Å². The lowest BCUT2D eigenvalue weighted by molar-refractivity contribution is -0.138. The van der Waals surface area contributed by atoms with Gasteiger partial charge in [0.2, 0.25) is 5.91 Å². The maximum Gasteiger partial charge on any atom is 0.317 e. The molecule has 1 aromatic rings. The average molecular weight is 304 g/mol. The molecule has 3 amide bonds. The first kappa shape index (κ1) is 16.3. The minimum absolute atomic E-state index is 0.0758. The second-order valence-corrected chi connectivity index (χ2v) is 5.68. The number of hydrogen-bond donors (Lipinski definition) is 2. The van der Waals surface area contributed by atoms with Crippen molar-refractivity contribution in [3.05, 3.63) is 35.9 Å². The number of piperazine rings is 1. The van der Waals surface area contributed by atoms with Gasteiger partial charge in [0.15, 0.2) is 0 Å². The van der Waals surface area contributed by atoms with Gasteiger partial charge in [-0.05, 0) is 19.4 Å². The van der Waals surface area contributed by atoms with Gasteiger partial charge in [-0.3, -0.25) is 4.79 Å². The van der Waals surface area contributed by atoms with E-state index in [1.807, 2.05) is 37.3 Å². The number of benzene rings is 1. The summed E-state index contributed by atoms with van der Waals surface area (Å²) in [5.74, 6) is -0.103. The monoisotopic (exact) mass is 304 g/mol. The maximum atomic E-state index is 12.7. The number of amides is 3. The molecule has 1 unspecified atom stereocenters. The Labute approximate surface area is 131 Å². The Hall–Kier alpha value is -2.08. The Morgan fingerprint density at radius 3 is 2.23 bits per heavy atom. The topological polar surface area (TPSA) is 78.7 Å². The predicted octanol–water partition coefficient (Wildman–Crippen LogP) is 0.734. The molecule has 120 valence electrons. The first-order chi connectivity index (χ1) is 10.5. The van der Waals surface area contributed by atoms with E-state index in [0.717, 1.165) is 5.56 Å². The van der Waals surface area contributed by atoms with Crippen LogP contribution < -0.4 is 11.1 Å². The third kappa shape index (κ3) is 3.39. The van der Waals surface area contributed by atoms with Crippen LogP contribution in [0, 0.1) is 0 Å². The lowest BCUT2D eigenvalue weighted by atomic mass is 9.91. The number of nitrogens with one attached hydrogen (secondary N) is 1. The van der Waals surface area contributed by atoms with Gasteiger partial charge in [-0.25, -0.2) is 4.79 Å². The van der Waals surface area contributed by atoms with Crippen LogP contribution in [0.1, 0.15) is 19.4 Å². The van der Waals surface area contributed by atoms with Crippen LogP contribution in [0.5, 0.6) is 0 Å². The third-order valence-corrected chi connectivity index (χ3v) is 4.00. The molecule has 0 aromatic heterocycles. The molecule has 0 bridgehead atoms. The zero-order valence-electron chi connectivity index (χ0n) is 13.2. The van der Waals surface area contributed by atoms with Crippen molar-refractivity contribution in [1.29, 1.82) is 0 Å². The van der Waals surface area contributed by atoms with E-state index in [4.69, 9.17) is 5.73 Å². The lowest BCUT2D eigenvalue weighted by Gasteiger charge is -2.38. The molecule has 2 rings (SSSR count). The summed E-state index contributed by atoms with van der Waals surface area (Å²) in [6.07, 6.45) is 0. The number of nitrogens with two attached hydrogens (primary N) is 1. The largest absolute Gasteiger partial charge is 0.338 e. The normalized spacial score (nSPS) is 17.8. The highest BCUT2D eigenvalue weighted by Crippen LogP contribution is 2.21. The number of carbonyl (C=O) groups is 2. The van der Waals surface area contributed by atoms with Crippen LogP contribution in [0.3, 0.4) is 0 Å². The molecule has 1 saturated heterocycles. The zero-order chi connectivity index (χ0) is 16.2. The Morgan fingerprint density at radius 2 is 1.68 bits per heavy atom. The Morgan fingerprint density at radius 1 is 1.14 bits per heavy atom. The van der Waals surface area contributed by atoms with Gasteiger partial charge in [-0.15, -0.1) is 0 Å². The van der Waals surface area contributed by atoms with Gasteiger partial charge in [0.25, 0.3) is 0 Å². The summed E-state index contributed by atoms with van der Waals surface area (Å²) in [6.45, 7) is 6.31. The summed E-state index contributed by atoms with van der Waals surface area (Å²) in [5.41, 5.74) is 6.02. The van der Waals surface area contributed by atoms with Crippen molar-refractivity contribution in [3.63, 3.8) is 0 Å². The van der Waals surface area contributed by atoms with Crippen LogP contribution in [-0.4, -0.2) is 54.5 Å². The Kier molecular flexibility index (Phi) is 5.03. The summed E-state index contributed by atoms with van der Waals surface area (Å²) >= 11 is 0. The molecule has 1 fully saturated rings. The van der Waals surface area contributed by atoms with Crippen LogP contribution in [0.15, 0.2) is 30.3 Å². The van der Waals surface area contributed by atoms with Gasteiger partial charge in [0, 0.05) is 32.7 Å². The molecular weight excluding hydrogens is 280 g/mol. The molecular formula is C16H24N4O2. The van der Waals surface area contributed by atoms with Gasteiger partial charge < -0.3 is 20.9 Å². The SMILES string of the molecule is CCNC(=O)N1CCN(C(=O)C(C)(N)c2ccccc2)CC1. The van der Waals surface area contributed by atoms with Gasteiger partial charge in [0.1, 0.15) is 5.54 Å². The zero-order valence-corrected chi connectivity index (χ0v) is 13.2. The molecule has 0 spiro atoms. The second-order valence-electron chi connectivity index (χ2n) is 5.68. The highest BCUT2D eigenvalue weighted by molar-refractivity contribution is 5.87. The van der Waals surface area contributed by atoms with Gasteiger partial charge >= 0.3 is 6.03 Å². The molecule has 0 aliphatic carbocycles. The van der Waals surface area contributed by atoms with Crippen LogP contribution in [-0.2, 0) is 10.3 Å². The number of hydrogen-bond acceptors (Lipinski definition) is 3. The van der Waals surface area contributed by atoms with E-state index in [9.17, 15) is 9.59 Å². The van der Waals surface area contributed by atoms with E-state index in [-0.39, 0.29) is 11.9 Å². The minimum atomic E-state index is -1.05. The fourth-order valence-electron chi connectivity index (χ4n) is 2.61. The molecule has 0 radical (unpaired) electrons. The third-order valence-electron chi connectivity index (χ3n) is 4.00. The van der Waals surface area contributed by atoms with Crippen molar-refractivity contribution in [2.45, 2.75) is 19.4 Å². The maximum absolute atomic E-state index is 12.7. The van der Waals surface area contributed by atoms with Crippen molar-refractivity contribution < 1.29 is 9.59 Å². The molecule has 6 heteroatoms. The Balaban J connectivity index is 1.99. The smallest absolute Gasteiger partial charge is 0.317 e. The predicted molar refractivity (Wildman–Crippen MR) is 85.2 cm³/mol. The molecule has 0 saturated carbocycles. The molecule has 1 heterocycles. The van der Waals surface area contributed by atoms with Crippen LogP contribution in [0.25, 0.3) is 0 Å². The lowest BCUT2D eigenvalue weighted by Crippen LogP contribution is -2.58. The molecule has 1 atom stereocenters. The number of rotatable bonds is 3.